The van der Waals surface area contributed by atoms with Crippen LogP contribution in [0.5, 0.6) is 0 Å². The number of aromatic nitrogens is 1. The lowest BCUT2D eigenvalue weighted by Gasteiger charge is -2.13. The minimum absolute atomic E-state index is 0.0356. The van der Waals surface area contributed by atoms with Crippen molar-refractivity contribution in [2.75, 3.05) is 11.9 Å². The molecule has 0 aliphatic carbocycles. The first-order valence-electron chi connectivity index (χ1n) is 7.28. The summed E-state index contributed by atoms with van der Waals surface area (Å²) in [5.74, 6) is 0.0356. The number of carbonyl (C=O) groups is 1. The molecule has 0 fully saturated rings. The number of thiazole rings is 1. The van der Waals surface area contributed by atoms with Crippen LogP contribution in [0.1, 0.15) is 17.5 Å². The third-order valence-electron chi connectivity index (χ3n) is 3.65. The van der Waals surface area contributed by atoms with Gasteiger partial charge in [-0.3, -0.25) is 9.69 Å². The summed E-state index contributed by atoms with van der Waals surface area (Å²) in [7, 11) is 1.76. The summed E-state index contributed by atoms with van der Waals surface area (Å²) in [5.41, 5.74) is 2.60. The van der Waals surface area contributed by atoms with Gasteiger partial charge in [0.1, 0.15) is 0 Å². The number of hydrogen-bond acceptors (Lipinski definition) is 4. The summed E-state index contributed by atoms with van der Waals surface area (Å²) in [5, 5.41) is 9.51. The minimum atomic E-state index is 0.0356. The maximum atomic E-state index is 12.4. The van der Waals surface area contributed by atoms with E-state index in [4.69, 9.17) is 5.26 Å². The topological polar surface area (TPSA) is 57.0 Å². The largest absolute Gasteiger partial charge is 0.291 e. The van der Waals surface area contributed by atoms with E-state index in [0.717, 1.165) is 20.9 Å². The molecule has 0 saturated heterocycles. The van der Waals surface area contributed by atoms with Crippen LogP contribution in [0.15, 0.2) is 48.5 Å². The molecule has 0 saturated carbocycles. The van der Waals surface area contributed by atoms with Crippen LogP contribution in [0.2, 0.25) is 0 Å². The first-order chi connectivity index (χ1) is 11.2. The smallest absolute Gasteiger partial charge is 0.228 e. The average Bonchev–Trinajstić information content (AvgIpc) is 3.03. The number of anilines is 1. The first-order valence-corrected chi connectivity index (χ1v) is 8.10. The Bertz CT molecular complexity index is 844. The van der Waals surface area contributed by atoms with E-state index >= 15 is 0 Å². The van der Waals surface area contributed by atoms with E-state index in [9.17, 15) is 4.79 Å². The Balaban J connectivity index is 1.66. The number of fused-ring (bicyclic) bond motifs is 1. The molecule has 0 aliphatic heterocycles. The first kappa shape index (κ1) is 15.2. The van der Waals surface area contributed by atoms with E-state index in [-0.39, 0.29) is 5.91 Å². The molecule has 3 rings (SSSR count). The molecule has 3 aromatic rings. The Morgan fingerprint density at radius 2 is 1.96 bits per heavy atom. The molecule has 0 N–H and O–H groups in total. The molecule has 5 heteroatoms. The lowest BCUT2D eigenvalue weighted by molar-refractivity contribution is -0.118. The fourth-order valence-corrected chi connectivity index (χ4v) is 3.22. The highest BCUT2D eigenvalue weighted by Crippen LogP contribution is 2.28. The van der Waals surface area contributed by atoms with Crippen molar-refractivity contribution in [1.82, 2.24) is 4.98 Å². The summed E-state index contributed by atoms with van der Waals surface area (Å²) >= 11 is 1.52. The lowest BCUT2D eigenvalue weighted by Crippen LogP contribution is -2.26. The Hall–Kier alpha value is -2.71. The molecule has 0 aliphatic rings. The van der Waals surface area contributed by atoms with E-state index in [1.807, 2.05) is 36.4 Å². The van der Waals surface area contributed by atoms with Crippen LogP contribution in [-0.4, -0.2) is 17.9 Å². The van der Waals surface area contributed by atoms with Crippen LogP contribution in [0.3, 0.4) is 0 Å². The molecule has 0 bridgehead atoms. The van der Waals surface area contributed by atoms with Crippen molar-refractivity contribution in [2.45, 2.75) is 12.8 Å². The molecule has 1 heterocycles. The third-order valence-corrected chi connectivity index (χ3v) is 4.77. The summed E-state index contributed by atoms with van der Waals surface area (Å²) in [6.45, 7) is 0. The van der Waals surface area contributed by atoms with Crippen LogP contribution in [-0.2, 0) is 11.2 Å². The zero-order chi connectivity index (χ0) is 16.2. The summed E-state index contributed by atoms with van der Waals surface area (Å²) in [4.78, 5) is 18.5. The summed E-state index contributed by atoms with van der Waals surface area (Å²) in [6.07, 6.45) is 1.07. The molecule has 1 aromatic heterocycles. The van der Waals surface area contributed by atoms with Crippen molar-refractivity contribution in [2.24, 2.45) is 0 Å². The van der Waals surface area contributed by atoms with Gasteiger partial charge in [0.05, 0.1) is 21.8 Å². The quantitative estimate of drug-likeness (QED) is 0.735. The van der Waals surface area contributed by atoms with Gasteiger partial charge in [-0.1, -0.05) is 35.6 Å². The van der Waals surface area contributed by atoms with Gasteiger partial charge in [0.15, 0.2) is 5.13 Å². The lowest BCUT2D eigenvalue weighted by atomic mass is 10.1. The van der Waals surface area contributed by atoms with Crippen LogP contribution in [0.25, 0.3) is 10.2 Å². The molecular formula is C18H15N3OS. The van der Waals surface area contributed by atoms with Crippen LogP contribution in [0, 0.1) is 11.3 Å². The number of para-hydroxylation sites is 1. The van der Waals surface area contributed by atoms with Gasteiger partial charge in [0, 0.05) is 13.5 Å². The predicted octanol–water partition coefficient (Wildman–Crippen LogP) is 3.76. The van der Waals surface area contributed by atoms with Crippen molar-refractivity contribution in [3.63, 3.8) is 0 Å². The van der Waals surface area contributed by atoms with Crippen molar-refractivity contribution < 1.29 is 4.79 Å². The standard InChI is InChI=1S/C18H15N3OS/c1-21(18-20-15-4-2-3-5-16(15)23-18)17(22)11-10-13-6-8-14(12-19)9-7-13/h2-9H,10-11H2,1H3. The monoisotopic (exact) mass is 321 g/mol. The number of carbonyl (C=O) groups excluding carboxylic acids is 1. The SMILES string of the molecule is CN(C(=O)CCc1ccc(C#N)cc1)c1nc2ccccc2s1. The molecule has 0 atom stereocenters. The second kappa shape index (κ2) is 6.59. The zero-order valence-electron chi connectivity index (χ0n) is 12.7. The van der Waals surface area contributed by atoms with E-state index in [2.05, 4.69) is 11.1 Å². The van der Waals surface area contributed by atoms with Crippen LogP contribution < -0.4 is 4.90 Å². The second-order valence-corrected chi connectivity index (χ2v) is 6.23. The van der Waals surface area contributed by atoms with E-state index in [0.29, 0.717) is 18.4 Å². The fourth-order valence-electron chi connectivity index (χ4n) is 2.28. The highest BCUT2D eigenvalue weighted by molar-refractivity contribution is 7.22. The number of amides is 1. The molecule has 1 amide bonds. The van der Waals surface area contributed by atoms with Crippen molar-refractivity contribution in [3.8, 4) is 6.07 Å². The van der Waals surface area contributed by atoms with Gasteiger partial charge < -0.3 is 0 Å². The maximum absolute atomic E-state index is 12.4. The zero-order valence-corrected chi connectivity index (χ0v) is 13.5. The number of rotatable bonds is 4. The van der Waals surface area contributed by atoms with Gasteiger partial charge in [-0.2, -0.15) is 5.26 Å². The van der Waals surface area contributed by atoms with Gasteiger partial charge in [-0.05, 0) is 36.2 Å². The van der Waals surface area contributed by atoms with Gasteiger partial charge >= 0.3 is 0 Å². The molecule has 0 radical (unpaired) electrons. The number of nitrogens with zero attached hydrogens (tertiary/aromatic N) is 3. The number of benzene rings is 2. The normalized spacial score (nSPS) is 10.4. The molecule has 0 unspecified atom stereocenters. The maximum Gasteiger partial charge on any atom is 0.228 e. The van der Waals surface area contributed by atoms with E-state index < -0.39 is 0 Å². The van der Waals surface area contributed by atoms with E-state index in [1.165, 1.54) is 11.3 Å². The molecular weight excluding hydrogens is 306 g/mol. The Morgan fingerprint density at radius 3 is 2.65 bits per heavy atom. The molecule has 2 aromatic carbocycles. The van der Waals surface area contributed by atoms with E-state index in [1.54, 1.807) is 24.1 Å². The van der Waals surface area contributed by atoms with Gasteiger partial charge in [0.25, 0.3) is 0 Å². The Morgan fingerprint density at radius 1 is 1.22 bits per heavy atom. The predicted molar refractivity (Wildman–Crippen MR) is 92.5 cm³/mol. The van der Waals surface area contributed by atoms with Crippen molar-refractivity contribution >= 4 is 32.6 Å². The van der Waals surface area contributed by atoms with Crippen LogP contribution in [0.4, 0.5) is 5.13 Å². The average molecular weight is 321 g/mol. The van der Waals surface area contributed by atoms with Gasteiger partial charge in [-0.25, -0.2) is 4.98 Å². The highest BCUT2D eigenvalue weighted by Gasteiger charge is 2.15. The minimum Gasteiger partial charge on any atom is -0.291 e. The van der Waals surface area contributed by atoms with Gasteiger partial charge in [0.2, 0.25) is 5.91 Å². The fraction of sp³-hybridized carbons (Fsp3) is 0.167. The van der Waals surface area contributed by atoms with Crippen molar-refractivity contribution in [3.05, 3.63) is 59.7 Å². The van der Waals surface area contributed by atoms with Crippen LogP contribution >= 0.6 is 11.3 Å². The van der Waals surface area contributed by atoms with Crippen molar-refractivity contribution in [1.29, 1.82) is 5.26 Å². The molecule has 114 valence electrons. The highest BCUT2D eigenvalue weighted by atomic mass is 32.1. The number of hydrogen-bond donors (Lipinski definition) is 0. The Labute approximate surface area is 138 Å². The molecule has 0 spiro atoms. The third kappa shape index (κ3) is 3.38. The molecule has 23 heavy (non-hydrogen) atoms. The summed E-state index contributed by atoms with van der Waals surface area (Å²) in [6, 6.07) is 17.3. The second-order valence-electron chi connectivity index (χ2n) is 5.23. The molecule has 4 nitrogen and oxygen atoms in total. The summed E-state index contributed by atoms with van der Waals surface area (Å²) < 4.78 is 1.08. The Kier molecular flexibility index (Phi) is 4.35. The van der Waals surface area contributed by atoms with Gasteiger partial charge in [-0.15, -0.1) is 0 Å². The number of aryl methyl sites for hydroxylation is 1. The number of nitriles is 1.